The molecule has 102 valence electrons. The minimum absolute atomic E-state index is 0.0509. The van der Waals surface area contributed by atoms with E-state index in [-0.39, 0.29) is 16.9 Å². The lowest BCUT2D eigenvalue weighted by Gasteiger charge is -2.18. The van der Waals surface area contributed by atoms with Crippen molar-refractivity contribution in [2.45, 2.75) is 27.2 Å². The predicted octanol–water partition coefficient (Wildman–Crippen LogP) is 2.59. The molecule has 0 unspecified atom stereocenters. The van der Waals surface area contributed by atoms with Crippen molar-refractivity contribution in [3.63, 3.8) is 0 Å². The van der Waals surface area contributed by atoms with E-state index in [0.717, 1.165) is 6.07 Å². The van der Waals surface area contributed by atoms with Crippen LogP contribution in [0.25, 0.3) is 0 Å². The Labute approximate surface area is 107 Å². The molecule has 0 amide bonds. The summed E-state index contributed by atoms with van der Waals surface area (Å²) in [7, 11) is -3.55. The summed E-state index contributed by atoms with van der Waals surface area (Å²) in [6, 6.07) is 3.78. The van der Waals surface area contributed by atoms with E-state index < -0.39 is 15.8 Å². The van der Waals surface area contributed by atoms with Gasteiger partial charge in [-0.2, -0.15) is 0 Å². The highest BCUT2D eigenvalue weighted by Gasteiger charge is 2.18. The summed E-state index contributed by atoms with van der Waals surface area (Å²) in [6.07, 6.45) is 0.492. The van der Waals surface area contributed by atoms with E-state index in [0.29, 0.717) is 12.1 Å². The standard InChI is InChI=1S/C12H19FN2O2S/c1-12(2,3)6-7-18(16,17)15-11-8-9(14)4-5-10(11)13/h4-5,8,15H,6-7,14H2,1-3H3. The van der Waals surface area contributed by atoms with Gasteiger partial charge in [-0.05, 0) is 30.0 Å². The first-order valence-corrected chi connectivity index (χ1v) is 7.30. The van der Waals surface area contributed by atoms with Crippen molar-refractivity contribution in [3.05, 3.63) is 24.0 Å². The maximum absolute atomic E-state index is 13.4. The van der Waals surface area contributed by atoms with Crippen LogP contribution in [0.2, 0.25) is 0 Å². The maximum atomic E-state index is 13.4. The van der Waals surface area contributed by atoms with Crippen molar-refractivity contribution in [1.29, 1.82) is 0 Å². The molecule has 0 atom stereocenters. The van der Waals surface area contributed by atoms with Gasteiger partial charge in [-0.15, -0.1) is 0 Å². The van der Waals surface area contributed by atoms with E-state index in [1.165, 1.54) is 12.1 Å². The van der Waals surface area contributed by atoms with Crippen LogP contribution in [-0.2, 0) is 10.0 Å². The summed E-state index contributed by atoms with van der Waals surface area (Å²) in [5.74, 6) is -0.686. The van der Waals surface area contributed by atoms with E-state index in [1.807, 2.05) is 20.8 Å². The van der Waals surface area contributed by atoms with Crippen molar-refractivity contribution in [2.75, 3.05) is 16.2 Å². The average Bonchev–Trinajstić information content (AvgIpc) is 2.20. The first-order valence-electron chi connectivity index (χ1n) is 5.65. The van der Waals surface area contributed by atoms with Gasteiger partial charge >= 0.3 is 0 Å². The zero-order valence-corrected chi connectivity index (χ0v) is 11.6. The fraction of sp³-hybridized carbons (Fsp3) is 0.500. The molecule has 0 aliphatic rings. The van der Waals surface area contributed by atoms with Crippen LogP contribution in [-0.4, -0.2) is 14.2 Å². The maximum Gasteiger partial charge on any atom is 0.232 e. The van der Waals surface area contributed by atoms with Gasteiger partial charge in [-0.25, -0.2) is 12.8 Å². The van der Waals surface area contributed by atoms with Gasteiger partial charge in [0.2, 0.25) is 10.0 Å². The third-order valence-corrected chi connectivity index (χ3v) is 3.65. The molecule has 0 saturated carbocycles. The van der Waals surface area contributed by atoms with E-state index in [2.05, 4.69) is 4.72 Å². The third kappa shape index (κ3) is 4.91. The Morgan fingerprint density at radius 2 is 1.94 bits per heavy atom. The molecular weight excluding hydrogens is 255 g/mol. The number of nitrogens with one attached hydrogen (secondary N) is 1. The highest BCUT2D eigenvalue weighted by Crippen LogP contribution is 2.22. The quantitative estimate of drug-likeness (QED) is 0.829. The van der Waals surface area contributed by atoms with Crippen LogP contribution in [0.5, 0.6) is 0 Å². The van der Waals surface area contributed by atoms with Crippen molar-refractivity contribution < 1.29 is 12.8 Å². The van der Waals surface area contributed by atoms with Crippen LogP contribution in [0.4, 0.5) is 15.8 Å². The lowest BCUT2D eigenvalue weighted by molar-refractivity contribution is 0.397. The molecule has 0 radical (unpaired) electrons. The number of nitrogens with two attached hydrogens (primary N) is 1. The second-order valence-electron chi connectivity index (χ2n) is 5.47. The Morgan fingerprint density at radius 1 is 1.33 bits per heavy atom. The highest BCUT2D eigenvalue weighted by molar-refractivity contribution is 7.92. The number of hydrogen-bond acceptors (Lipinski definition) is 3. The molecule has 18 heavy (non-hydrogen) atoms. The van der Waals surface area contributed by atoms with Crippen LogP contribution in [0, 0.1) is 11.2 Å². The number of nitrogen functional groups attached to an aromatic ring is 1. The van der Waals surface area contributed by atoms with Crippen LogP contribution in [0.1, 0.15) is 27.2 Å². The van der Waals surface area contributed by atoms with Gasteiger partial charge in [0.1, 0.15) is 5.82 Å². The van der Waals surface area contributed by atoms with Gasteiger partial charge in [-0.1, -0.05) is 20.8 Å². The zero-order valence-electron chi connectivity index (χ0n) is 10.8. The van der Waals surface area contributed by atoms with Gasteiger partial charge in [-0.3, -0.25) is 4.72 Å². The summed E-state index contributed by atoms with van der Waals surface area (Å²) in [4.78, 5) is 0. The predicted molar refractivity (Wildman–Crippen MR) is 72.3 cm³/mol. The van der Waals surface area contributed by atoms with Crippen molar-refractivity contribution >= 4 is 21.4 Å². The smallest absolute Gasteiger partial charge is 0.232 e. The zero-order chi connectivity index (χ0) is 14.0. The van der Waals surface area contributed by atoms with Gasteiger partial charge < -0.3 is 5.73 Å². The largest absolute Gasteiger partial charge is 0.399 e. The SMILES string of the molecule is CC(C)(C)CCS(=O)(=O)Nc1cc(N)ccc1F. The number of sulfonamides is 1. The summed E-state index contributed by atoms with van der Waals surface area (Å²) >= 11 is 0. The molecule has 6 heteroatoms. The molecule has 0 saturated heterocycles. The molecule has 1 rings (SSSR count). The number of hydrogen-bond donors (Lipinski definition) is 2. The van der Waals surface area contributed by atoms with Gasteiger partial charge in [0.05, 0.1) is 11.4 Å². The number of anilines is 2. The van der Waals surface area contributed by atoms with Crippen LogP contribution in [0.15, 0.2) is 18.2 Å². The number of rotatable bonds is 4. The topological polar surface area (TPSA) is 72.2 Å². The highest BCUT2D eigenvalue weighted by atomic mass is 32.2. The number of benzene rings is 1. The Hall–Kier alpha value is -1.30. The normalized spacial score (nSPS) is 12.4. The summed E-state index contributed by atoms with van der Waals surface area (Å²) in [5, 5.41) is 0. The second kappa shape index (κ2) is 5.14. The Kier molecular flexibility index (Phi) is 4.21. The van der Waals surface area contributed by atoms with Crippen molar-refractivity contribution in [3.8, 4) is 0 Å². The monoisotopic (exact) mass is 274 g/mol. The van der Waals surface area contributed by atoms with Crippen LogP contribution in [0.3, 0.4) is 0 Å². The molecule has 0 aromatic heterocycles. The Morgan fingerprint density at radius 3 is 2.50 bits per heavy atom. The third-order valence-electron chi connectivity index (χ3n) is 2.38. The molecule has 0 aliphatic carbocycles. The first kappa shape index (κ1) is 14.8. The summed E-state index contributed by atoms with van der Waals surface area (Å²) < 4.78 is 39.2. The fourth-order valence-electron chi connectivity index (χ4n) is 1.28. The first-order chi connectivity index (χ1) is 8.09. The Bertz CT molecular complexity index is 521. The van der Waals surface area contributed by atoms with E-state index in [1.54, 1.807) is 0 Å². The molecule has 0 aliphatic heterocycles. The summed E-state index contributed by atoms with van der Waals surface area (Å²) in [6.45, 7) is 5.84. The minimum Gasteiger partial charge on any atom is -0.399 e. The van der Waals surface area contributed by atoms with Crippen molar-refractivity contribution in [1.82, 2.24) is 0 Å². The molecule has 0 spiro atoms. The molecule has 3 N–H and O–H groups in total. The Balaban J connectivity index is 2.80. The molecule has 0 fully saturated rings. The number of halogens is 1. The second-order valence-corrected chi connectivity index (χ2v) is 7.31. The van der Waals surface area contributed by atoms with E-state index >= 15 is 0 Å². The molecular formula is C12H19FN2O2S. The van der Waals surface area contributed by atoms with Crippen LogP contribution >= 0.6 is 0 Å². The molecule has 0 heterocycles. The fourth-order valence-corrected chi connectivity index (χ4v) is 2.75. The minimum atomic E-state index is -3.55. The van der Waals surface area contributed by atoms with Crippen molar-refractivity contribution in [2.24, 2.45) is 5.41 Å². The molecule has 1 aromatic carbocycles. The van der Waals surface area contributed by atoms with E-state index in [9.17, 15) is 12.8 Å². The molecule has 1 aromatic rings. The lowest BCUT2D eigenvalue weighted by Crippen LogP contribution is -2.21. The van der Waals surface area contributed by atoms with Gasteiger partial charge in [0.25, 0.3) is 0 Å². The van der Waals surface area contributed by atoms with Gasteiger partial charge in [0, 0.05) is 5.69 Å². The lowest BCUT2D eigenvalue weighted by atomic mass is 9.94. The average molecular weight is 274 g/mol. The molecule has 4 nitrogen and oxygen atoms in total. The van der Waals surface area contributed by atoms with Gasteiger partial charge in [0.15, 0.2) is 0 Å². The molecule has 0 bridgehead atoms. The van der Waals surface area contributed by atoms with E-state index in [4.69, 9.17) is 5.73 Å². The van der Waals surface area contributed by atoms with Crippen LogP contribution < -0.4 is 10.5 Å². The summed E-state index contributed by atoms with van der Waals surface area (Å²) in [5.41, 5.74) is 5.60.